The average Bonchev–Trinajstić information content (AvgIpc) is 3.27. The minimum atomic E-state index is -0.114. The van der Waals surface area contributed by atoms with Crippen LogP contribution in [0.1, 0.15) is 16.1 Å². The molecular formula is C27H26Cl2N4O. The molecule has 3 aromatic carbocycles. The summed E-state index contributed by atoms with van der Waals surface area (Å²) in [5.41, 5.74) is 3.62. The molecule has 0 unspecified atom stereocenters. The number of carbonyl (C=O) groups excluding carboxylic acids is 1. The van der Waals surface area contributed by atoms with E-state index in [-0.39, 0.29) is 5.91 Å². The zero-order valence-corrected chi connectivity index (χ0v) is 20.7. The van der Waals surface area contributed by atoms with E-state index in [0.717, 1.165) is 17.7 Å². The number of amides is 1. The Balaban J connectivity index is 1.79. The summed E-state index contributed by atoms with van der Waals surface area (Å²) in [5.74, 6) is -0.114. The van der Waals surface area contributed by atoms with E-state index >= 15 is 0 Å². The number of halogens is 2. The predicted octanol–water partition coefficient (Wildman–Crippen LogP) is 6.05. The van der Waals surface area contributed by atoms with E-state index in [2.05, 4.69) is 4.90 Å². The molecule has 0 aliphatic heterocycles. The number of likely N-dealkylation sites (N-methyl/N-ethyl adjacent to an activating group) is 1. The Morgan fingerprint density at radius 2 is 1.62 bits per heavy atom. The highest BCUT2D eigenvalue weighted by Gasteiger charge is 2.24. The number of benzene rings is 3. The molecule has 34 heavy (non-hydrogen) atoms. The van der Waals surface area contributed by atoms with E-state index in [0.29, 0.717) is 40.2 Å². The largest absolute Gasteiger partial charge is 0.332 e. The fraction of sp³-hybridized carbons (Fsp3) is 0.185. The average molecular weight is 493 g/mol. The maximum atomic E-state index is 14.0. The van der Waals surface area contributed by atoms with Gasteiger partial charge in [0.1, 0.15) is 5.69 Å². The Morgan fingerprint density at radius 1 is 0.882 bits per heavy atom. The van der Waals surface area contributed by atoms with Crippen LogP contribution < -0.4 is 0 Å². The Labute approximate surface area is 210 Å². The van der Waals surface area contributed by atoms with E-state index in [9.17, 15) is 4.79 Å². The molecule has 5 nitrogen and oxygen atoms in total. The highest BCUT2D eigenvalue weighted by atomic mass is 35.5. The van der Waals surface area contributed by atoms with Crippen LogP contribution in [0.15, 0.2) is 84.9 Å². The quantitative estimate of drug-likeness (QED) is 0.300. The fourth-order valence-electron chi connectivity index (χ4n) is 3.68. The molecule has 0 aliphatic carbocycles. The molecular weight excluding hydrogens is 467 g/mol. The Bertz CT molecular complexity index is 1270. The van der Waals surface area contributed by atoms with Crippen LogP contribution in [0.5, 0.6) is 0 Å². The molecule has 1 heterocycles. The van der Waals surface area contributed by atoms with Crippen LogP contribution in [-0.4, -0.2) is 52.7 Å². The topological polar surface area (TPSA) is 41.4 Å². The maximum absolute atomic E-state index is 14.0. The zero-order valence-electron chi connectivity index (χ0n) is 19.2. The van der Waals surface area contributed by atoms with Crippen LogP contribution in [0.4, 0.5) is 0 Å². The summed E-state index contributed by atoms with van der Waals surface area (Å²) in [6.45, 7) is 1.81. The number of hydrogen-bond acceptors (Lipinski definition) is 3. The summed E-state index contributed by atoms with van der Waals surface area (Å²) >= 11 is 12.7. The molecule has 0 bridgehead atoms. The van der Waals surface area contributed by atoms with Crippen LogP contribution in [0.2, 0.25) is 10.0 Å². The van der Waals surface area contributed by atoms with Gasteiger partial charge < -0.3 is 9.80 Å². The molecule has 174 valence electrons. The molecule has 0 N–H and O–H groups in total. The molecule has 0 fully saturated rings. The molecule has 0 spiro atoms. The number of carbonyl (C=O) groups is 1. The van der Waals surface area contributed by atoms with E-state index < -0.39 is 0 Å². The molecule has 0 atom stereocenters. The first-order valence-electron chi connectivity index (χ1n) is 11.0. The van der Waals surface area contributed by atoms with Gasteiger partial charge in [0.15, 0.2) is 0 Å². The second kappa shape index (κ2) is 10.9. The maximum Gasteiger partial charge on any atom is 0.272 e. The zero-order chi connectivity index (χ0) is 24.1. The number of nitrogens with zero attached hydrogens (tertiary/aromatic N) is 4. The van der Waals surface area contributed by atoms with Crippen molar-refractivity contribution in [1.82, 2.24) is 19.6 Å². The summed E-state index contributed by atoms with van der Waals surface area (Å²) < 4.78 is 1.65. The second-order valence-electron chi connectivity index (χ2n) is 8.30. The van der Waals surface area contributed by atoms with Crippen LogP contribution >= 0.6 is 23.2 Å². The standard InChI is InChI=1S/C27H26Cl2N4O/c1-31(2)15-16-32(19-20-9-4-3-5-10-20)27(34)26-18-25(23-13-6-7-14-24(23)29)30-33(26)22-12-8-11-21(28)17-22/h3-14,17-18H,15-16,19H2,1-2H3. The molecule has 1 amide bonds. The van der Waals surface area contributed by atoms with Crippen molar-refractivity contribution in [2.75, 3.05) is 27.2 Å². The van der Waals surface area contributed by atoms with Gasteiger partial charge in [-0.15, -0.1) is 0 Å². The normalized spacial score (nSPS) is 11.1. The molecule has 0 aliphatic rings. The van der Waals surface area contributed by atoms with Gasteiger partial charge in [0.2, 0.25) is 0 Å². The first-order valence-corrected chi connectivity index (χ1v) is 11.8. The van der Waals surface area contributed by atoms with Gasteiger partial charge in [0, 0.05) is 30.2 Å². The van der Waals surface area contributed by atoms with Crippen molar-refractivity contribution in [2.24, 2.45) is 0 Å². The van der Waals surface area contributed by atoms with Gasteiger partial charge in [0.25, 0.3) is 5.91 Å². The van der Waals surface area contributed by atoms with E-state index in [1.807, 2.05) is 85.7 Å². The van der Waals surface area contributed by atoms with E-state index in [4.69, 9.17) is 28.3 Å². The summed E-state index contributed by atoms with van der Waals surface area (Å²) in [6, 6.07) is 26.6. The number of hydrogen-bond donors (Lipinski definition) is 0. The lowest BCUT2D eigenvalue weighted by atomic mass is 10.1. The van der Waals surface area contributed by atoms with Gasteiger partial charge in [-0.1, -0.05) is 77.8 Å². The summed E-state index contributed by atoms with van der Waals surface area (Å²) in [6.07, 6.45) is 0. The Hall–Kier alpha value is -3.12. The third-order valence-electron chi connectivity index (χ3n) is 5.45. The van der Waals surface area contributed by atoms with Gasteiger partial charge in [0.05, 0.1) is 16.4 Å². The van der Waals surface area contributed by atoms with Gasteiger partial charge in [-0.05, 0) is 50.0 Å². The monoisotopic (exact) mass is 492 g/mol. The van der Waals surface area contributed by atoms with Gasteiger partial charge in [-0.25, -0.2) is 4.68 Å². The van der Waals surface area contributed by atoms with Crippen molar-refractivity contribution in [3.05, 3.63) is 106 Å². The summed E-state index contributed by atoms with van der Waals surface area (Å²) in [4.78, 5) is 17.9. The van der Waals surface area contributed by atoms with Gasteiger partial charge in [-0.3, -0.25) is 4.79 Å². The lowest BCUT2D eigenvalue weighted by Crippen LogP contribution is -2.37. The summed E-state index contributed by atoms with van der Waals surface area (Å²) in [7, 11) is 3.99. The van der Waals surface area contributed by atoms with Crippen molar-refractivity contribution in [3.63, 3.8) is 0 Å². The molecule has 0 saturated heterocycles. The highest BCUT2D eigenvalue weighted by molar-refractivity contribution is 6.33. The summed E-state index contributed by atoms with van der Waals surface area (Å²) in [5, 5.41) is 5.92. The van der Waals surface area contributed by atoms with Crippen molar-refractivity contribution in [3.8, 4) is 16.9 Å². The van der Waals surface area contributed by atoms with Crippen molar-refractivity contribution < 1.29 is 4.79 Å². The Kier molecular flexibility index (Phi) is 7.68. The van der Waals surface area contributed by atoms with Crippen LogP contribution in [0.25, 0.3) is 16.9 Å². The lowest BCUT2D eigenvalue weighted by molar-refractivity contribution is 0.0722. The second-order valence-corrected chi connectivity index (χ2v) is 9.15. The van der Waals surface area contributed by atoms with Crippen molar-refractivity contribution >= 4 is 29.1 Å². The minimum Gasteiger partial charge on any atom is -0.332 e. The molecule has 0 saturated carbocycles. The van der Waals surface area contributed by atoms with Crippen LogP contribution in [-0.2, 0) is 6.54 Å². The molecule has 0 radical (unpaired) electrons. The predicted molar refractivity (Wildman–Crippen MR) is 139 cm³/mol. The van der Waals surface area contributed by atoms with Gasteiger partial charge >= 0.3 is 0 Å². The molecule has 7 heteroatoms. The highest BCUT2D eigenvalue weighted by Crippen LogP contribution is 2.29. The van der Waals surface area contributed by atoms with Gasteiger partial charge in [-0.2, -0.15) is 5.10 Å². The molecule has 4 rings (SSSR count). The van der Waals surface area contributed by atoms with Crippen molar-refractivity contribution in [1.29, 1.82) is 0 Å². The SMILES string of the molecule is CN(C)CCN(Cc1ccccc1)C(=O)c1cc(-c2ccccc2Cl)nn1-c1cccc(Cl)c1. The third-order valence-corrected chi connectivity index (χ3v) is 6.02. The molecule has 4 aromatic rings. The minimum absolute atomic E-state index is 0.114. The molecule has 1 aromatic heterocycles. The van der Waals surface area contributed by atoms with Crippen molar-refractivity contribution in [2.45, 2.75) is 6.54 Å². The smallest absolute Gasteiger partial charge is 0.272 e. The van der Waals surface area contributed by atoms with E-state index in [1.165, 1.54) is 0 Å². The number of aromatic nitrogens is 2. The van der Waals surface area contributed by atoms with Crippen LogP contribution in [0.3, 0.4) is 0 Å². The van der Waals surface area contributed by atoms with Crippen LogP contribution in [0, 0.1) is 0 Å². The number of rotatable bonds is 8. The third kappa shape index (κ3) is 5.68. The fourth-order valence-corrected chi connectivity index (χ4v) is 4.09. The lowest BCUT2D eigenvalue weighted by Gasteiger charge is -2.25. The first kappa shape index (κ1) is 24.0. The first-order chi connectivity index (χ1) is 16.4. The van der Waals surface area contributed by atoms with E-state index in [1.54, 1.807) is 22.9 Å². The Morgan fingerprint density at radius 3 is 2.32 bits per heavy atom.